The average molecular weight is 523 g/mol. The number of benzene rings is 2. The first kappa shape index (κ1) is 24.1. The third kappa shape index (κ3) is 4.18. The lowest BCUT2D eigenvalue weighted by atomic mass is 9.72. The van der Waals surface area contributed by atoms with Gasteiger partial charge in [-0.15, -0.1) is 0 Å². The molecule has 6 nitrogen and oxygen atoms in total. The predicted octanol–water partition coefficient (Wildman–Crippen LogP) is 5.22. The first-order valence-electron chi connectivity index (χ1n) is 11.1. The van der Waals surface area contributed by atoms with Crippen LogP contribution in [-0.2, 0) is 10.5 Å². The second-order valence-corrected chi connectivity index (χ2v) is 9.61. The molecular weight excluding hydrogens is 501 g/mol. The Kier molecular flexibility index (Phi) is 6.25. The lowest BCUT2D eigenvalue weighted by Gasteiger charge is -2.44. The van der Waals surface area contributed by atoms with Crippen molar-refractivity contribution in [2.24, 2.45) is 5.41 Å². The number of ether oxygens (including phenoxy) is 3. The van der Waals surface area contributed by atoms with Crippen molar-refractivity contribution < 1.29 is 27.8 Å². The van der Waals surface area contributed by atoms with Crippen molar-refractivity contribution >= 4 is 29.1 Å². The lowest BCUT2D eigenvalue weighted by Crippen LogP contribution is -2.51. The number of hydrogen-bond donors (Lipinski definition) is 1. The number of carbonyl (C=O) groups excluding carboxylic acids is 1. The van der Waals surface area contributed by atoms with E-state index in [0.29, 0.717) is 48.4 Å². The predicted molar refractivity (Wildman–Crippen MR) is 126 cm³/mol. The van der Waals surface area contributed by atoms with E-state index < -0.39 is 28.7 Å². The quantitative estimate of drug-likeness (QED) is 0.596. The Morgan fingerprint density at radius 1 is 1.06 bits per heavy atom. The largest absolute Gasteiger partial charge is 0.443 e. The average Bonchev–Trinajstić information content (AvgIpc) is 3.22. The first-order valence-corrected chi connectivity index (χ1v) is 11.8. The fourth-order valence-electron chi connectivity index (χ4n) is 4.44. The molecule has 1 N–H and O–H groups in total. The highest BCUT2D eigenvalue weighted by molar-refractivity contribution is 6.35. The molecule has 35 heavy (non-hydrogen) atoms. The molecule has 10 heteroatoms. The molecule has 2 atom stereocenters. The summed E-state index contributed by atoms with van der Waals surface area (Å²) >= 11 is 12.8. The minimum atomic E-state index is -1.57. The van der Waals surface area contributed by atoms with Crippen molar-refractivity contribution in [3.8, 4) is 11.5 Å². The normalized spacial score (nSPS) is 26.2. The van der Waals surface area contributed by atoms with Crippen molar-refractivity contribution in [1.82, 2.24) is 10.4 Å². The molecule has 1 fully saturated rings. The van der Waals surface area contributed by atoms with Gasteiger partial charge in [0.1, 0.15) is 11.6 Å². The van der Waals surface area contributed by atoms with E-state index in [2.05, 4.69) is 5.43 Å². The number of rotatable bonds is 4. The van der Waals surface area contributed by atoms with E-state index in [0.717, 1.165) is 6.07 Å². The minimum absolute atomic E-state index is 0.0982. The van der Waals surface area contributed by atoms with Crippen molar-refractivity contribution in [2.75, 3.05) is 26.3 Å². The third-order valence-electron chi connectivity index (χ3n) is 6.50. The second-order valence-electron chi connectivity index (χ2n) is 8.76. The zero-order valence-corrected chi connectivity index (χ0v) is 20.3. The van der Waals surface area contributed by atoms with Crippen LogP contribution in [-0.4, -0.2) is 37.2 Å². The molecule has 1 saturated heterocycles. The van der Waals surface area contributed by atoms with Gasteiger partial charge >= 0.3 is 0 Å². The van der Waals surface area contributed by atoms with Crippen LogP contribution >= 0.6 is 23.2 Å². The van der Waals surface area contributed by atoms with Crippen LogP contribution in [0.25, 0.3) is 0 Å². The van der Waals surface area contributed by atoms with E-state index in [1.807, 2.05) is 6.92 Å². The van der Waals surface area contributed by atoms with Crippen LogP contribution < -0.4 is 14.9 Å². The van der Waals surface area contributed by atoms with Gasteiger partial charge < -0.3 is 14.2 Å². The summed E-state index contributed by atoms with van der Waals surface area (Å²) in [7, 11) is 0. The third-order valence-corrected chi connectivity index (χ3v) is 7.29. The smallest absolute Gasteiger partial charge is 0.288 e. The maximum Gasteiger partial charge on any atom is 0.288 e. The van der Waals surface area contributed by atoms with Crippen molar-refractivity contribution in [3.05, 3.63) is 81.4 Å². The number of amides is 1. The standard InChI is InChI=1S/C25H22Cl2F2N2O4/c1-24(7-6-16(26)12-22(24)27)25(15-2-4-17(28)5-3-15)34-20-13-18(19(29)14-21(20)35-25)23(32)30-31-8-10-33-11-9-31/h2-6,12-14H,7-11H2,1H3,(H,30,32). The summed E-state index contributed by atoms with van der Waals surface area (Å²) < 4.78 is 46.8. The van der Waals surface area contributed by atoms with Gasteiger partial charge in [-0.2, -0.15) is 0 Å². The molecule has 2 heterocycles. The minimum Gasteiger partial charge on any atom is -0.443 e. The van der Waals surface area contributed by atoms with Gasteiger partial charge in [0.15, 0.2) is 11.5 Å². The van der Waals surface area contributed by atoms with Gasteiger partial charge in [-0.1, -0.05) is 29.3 Å². The monoisotopic (exact) mass is 522 g/mol. The maximum atomic E-state index is 15.1. The Hall–Kier alpha value is -2.65. The molecule has 2 aliphatic heterocycles. The molecule has 1 amide bonds. The zero-order valence-electron chi connectivity index (χ0n) is 18.7. The van der Waals surface area contributed by atoms with Crippen LogP contribution in [0.1, 0.15) is 29.3 Å². The summed E-state index contributed by atoms with van der Waals surface area (Å²) in [5, 5.41) is 2.49. The molecule has 2 unspecified atom stereocenters. The lowest BCUT2D eigenvalue weighted by molar-refractivity contribution is -0.163. The van der Waals surface area contributed by atoms with E-state index in [9.17, 15) is 9.18 Å². The molecule has 0 saturated carbocycles. The molecule has 1 aliphatic carbocycles. The number of carbonyl (C=O) groups is 1. The Bertz CT molecular complexity index is 1230. The summed E-state index contributed by atoms with van der Waals surface area (Å²) in [6.07, 6.45) is 3.70. The van der Waals surface area contributed by atoms with E-state index >= 15 is 4.39 Å². The van der Waals surface area contributed by atoms with Crippen molar-refractivity contribution in [1.29, 1.82) is 0 Å². The molecule has 2 aromatic carbocycles. The summed E-state index contributed by atoms with van der Waals surface area (Å²) in [4.78, 5) is 12.8. The highest BCUT2D eigenvalue weighted by Gasteiger charge is 2.60. The molecule has 2 aromatic rings. The van der Waals surface area contributed by atoms with Crippen LogP contribution in [0, 0.1) is 17.0 Å². The number of halogens is 4. The number of nitrogens with zero attached hydrogens (tertiary/aromatic N) is 1. The van der Waals surface area contributed by atoms with Crippen LogP contribution in [0.3, 0.4) is 0 Å². The summed E-state index contributed by atoms with van der Waals surface area (Å²) in [6.45, 7) is 3.74. The molecule has 0 spiro atoms. The zero-order chi connectivity index (χ0) is 24.8. The molecule has 5 rings (SSSR count). The molecular formula is C25H22Cl2F2N2O4. The Labute approximate surface area is 211 Å². The van der Waals surface area contributed by atoms with Crippen molar-refractivity contribution in [2.45, 2.75) is 19.1 Å². The van der Waals surface area contributed by atoms with Gasteiger partial charge in [0, 0.05) is 34.8 Å². The van der Waals surface area contributed by atoms with Gasteiger partial charge in [0.05, 0.1) is 24.2 Å². The number of nitrogens with one attached hydrogen (secondary N) is 1. The molecule has 0 aromatic heterocycles. The van der Waals surface area contributed by atoms with Crippen molar-refractivity contribution in [3.63, 3.8) is 0 Å². The van der Waals surface area contributed by atoms with Gasteiger partial charge in [-0.25, -0.2) is 13.8 Å². The summed E-state index contributed by atoms with van der Waals surface area (Å²) in [6, 6.07) is 8.03. The summed E-state index contributed by atoms with van der Waals surface area (Å²) in [5.41, 5.74) is 1.95. The maximum absolute atomic E-state index is 15.1. The van der Waals surface area contributed by atoms with Crippen LogP contribution in [0.4, 0.5) is 8.78 Å². The number of hydrazine groups is 1. The fraction of sp³-hybridized carbons (Fsp3) is 0.320. The highest BCUT2D eigenvalue weighted by atomic mass is 35.5. The number of fused-ring (bicyclic) bond motifs is 1. The number of morpholine rings is 1. The van der Waals surface area contributed by atoms with Crippen LogP contribution in [0.2, 0.25) is 0 Å². The van der Waals surface area contributed by atoms with Crippen LogP contribution in [0.5, 0.6) is 11.5 Å². The van der Waals surface area contributed by atoms with Gasteiger partial charge in [-0.05, 0) is 49.8 Å². The number of hydrogen-bond acceptors (Lipinski definition) is 5. The molecule has 184 valence electrons. The number of allylic oxidation sites excluding steroid dienone is 3. The van der Waals surface area contributed by atoms with Gasteiger partial charge in [0.2, 0.25) is 0 Å². The Morgan fingerprint density at radius 3 is 2.37 bits per heavy atom. The molecule has 0 radical (unpaired) electrons. The van der Waals surface area contributed by atoms with E-state index in [1.54, 1.807) is 17.2 Å². The Balaban J connectivity index is 1.54. The van der Waals surface area contributed by atoms with Crippen LogP contribution in [0.15, 0.2) is 58.6 Å². The van der Waals surface area contributed by atoms with E-state index in [4.69, 9.17) is 37.4 Å². The topological polar surface area (TPSA) is 60.0 Å². The first-order chi connectivity index (χ1) is 16.7. The Morgan fingerprint density at radius 2 is 1.71 bits per heavy atom. The SMILES string of the molecule is CC1(C2(c3ccc(F)cc3)Oc3cc(F)c(C(=O)NN4CCOCC4)cc3O2)CC=C(Cl)C=C1Cl. The van der Waals surface area contributed by atoms with E-state index in [-0.39, 0.29) is 17.1 Å². The van der Waals surface area contributed by atoms with Gasteiger partial charge in [-0.3, -0.25) is 10.2 Å². The van der Waals surface area contributed by atoms with E-state index in [1.165, 1.54) is 30.3 Å². The fourth-order valence-corrected chi connectivity index (χ4v) is 5.00. The molecule has 3 aliphatic rings. The summed E-state index contributed by atoms with van der Waals surface area (Å²) in [5.74, 6) is -3.14. The second kappa shape index (κ2) is 9.09. The molecule has 0 bridgehead atoms. The highest BCUT2D eigenvalue weighted by Crippen LogP contribution is 2.59. The van der Waals surface area contributed by atoms with Gasteiger partial charge in [0.25, 0.3) is 11.7 Å².